The Kier molecular flexibility index (Phi) is 4.68. The average Bonchev–Trinajstić information content (AvgIpc) is 2.53. The molecular formula is C17H16N2S2. The molecule has 0 bridgehead atoms. The van der Waals surface area contributed by atoms with Crippen molar-refractivity contribution in [2.24, 2.45) is 0 Å². The van der Waals surface area contributed by atoms with Gasteiger partial charge in [0.15, 0.2) is 0 Å². The van der Waals surface area contributed by atoms with Gasteiger partial charge in [-0.25, -0.2) is 4.98 Å². The standard InChI is InChI=1S/C17H16N2S2/c18-15-12-13-6-4-5-9-16(13)19-17(15)21-11-10-20-14-7-2-1-3-8-14/h1-9,12H,10-11,18H2. The number of fused-ring (bicyclic) bond motifs is 1. The lowest BCUT2D eigenvalue weighted by Gasteiger charge is -2.06. The summed E-state index contributed by atoms with van der Waals surface area (Å²) in [6.45, 7) is 0. The van der Waals surface area contributed by atoms with Crippen molar-refractivity contribution in [1.29, 1.82) is 0 Å². The number of hydrogen-bond acceptors (Lipinski definition) is 4. The Morgan fingerprint density at radius 1 is 0.857 bits per heavy atom. The van der Waals surface area contributed by atoms with Crippen LogP contribution < -0.4 is 5.73 Å². The average molecular weight is 312 g/mol. The molecule has 0 atom stereocenters. The molecule has 2 nitrogen and oxygen atoms in total. The number of benzene rings is 2. The first-order valence-electron chi connectivity index (χ1n) is 6.79. The Morgan fingerprint density at radius 3 is 2.43 bits per heavy atom. The second kappa shape index (κ2) is 6.87. The van der Waals surface area contributed by atoms with E-state index in [4.69, 9.17) is 5.73 Å². The Labute approximate surface area is 133 Å². The molecular weight excluding hydrogens is 296 g/mol. The van der Waals surface area contributed by atoms with Crippen molar-refractivity contribution in [3.63, 3.8) is 0 Å². The summed E-state index contributed by atoms with van der Waals surface area (Å²) in [5, 5.41) is 2.03. The fraction of sp³-hybridized carbons (Fsp3) is 0.118. The van der Waals surface area contributed by atoms with E-state index in [0.717, 1.165) is 33.1 Å². The summed E-state index contributed by atoms with van der Waals surface area (Å²) in [6, 6.07) is 20.5. The van der Waals surface area contributed by atoms with Gasteiger partial charge in [0.25, 0.3) is 0 Å². The fourth-order valence-corrected chi connectivity index (χ4v) is 3.88. The van der Waals surface area contributed by atoms with E-state index in [1.165, 1.54) is 4.90 Å². The van der Waals surface area contributed by atoms with Gasteiger partial charge in [0.2, 0.25) is 0 Å². The van der Waals surface area contributed by atoms with Crippen molar-refractivity contribution in [2.75, 3.05) is 17.2 Å². The molecule has 2 aromatic carbocycles. The van der Waals surface area contributed by atoms with Gasteiger partial charge in [-0.2, -0.15) is 0 Å². The maximum atomic E-state index is 6.09. The molecule has 0 saturated heterocycles. The number of para-hydroxylation sites is 1. The summed E-state index contributed by atoms with van der Waals surface area (Å²) < 4.78 is 0. The van der Waals surface area contributed by atoms with Crippen molar-refractivity contribution >= 4 is 40.1 Å². The Balaban J connectivity index is 1.61. The Morgan fingerprint density at radius 2 is 1.57 bits per heavy atom. The highest BCUT2D eigenvalue weighted by Gasteiger charge is 2.04. The van der Waals surface area contributed by atoms with E-state index >= 15 is 0 Å². The number of rotatable bonds is 5. The fourth-order valence-electron chi connectivity index (χ4n) is 2.04. The lowest BCUT2D eigenvalue weighted by molar-refractivity contribution is 1.20. The van der Waals surface area contributed by atoms with E-state index in [0.29, 0.717) is 0 Å². The topological polar surface area (TPSA) is 38.9 Å². The molecule has 0 unspecified atom stereocenters. The van der Waals surface area contributed by atoms with E-state index in [1.807, 2.05) is 48.2 Å². The van der Waals surface area contributed by atoms with Gasteiger partial charge in [0.05, 0.1) is 11.2 Å². The van der Waals surface area contributed by atoms with Crippen molar-refractivity contribution in [1.82, 2.24) is 4.98 Å². The number of anilines is 1. The molecule has 3 aromatic rings. The van der Waals surface area contributed by atoms with Gasteiger partial charge >= 0.3 is 0 Å². The molecule has 0 spiro atoms. The van der Waals surface area contributed by atoms with Crippen LogP contribution in [0.1, 0.15) is 0 Å². The molecule has 21 heavy (non-hydrogen) atoms. The molecule has 4 heteroatoms. The lowest BCUT2D eigenvalue weighted by atomic mass is 10.2. The first-order chi connectivity index (χ1) is 10.3. The molecule has 1 heterocycles. The monoisotopic (exact) mass is 312 g/mol. The first-order valence-corrected chi connectivity index (χ1v) is 8.76. The van der Waals surface area contributed by atoms with Crippen molar-refractivity contribution in [3.8, 4) is 0 Å². The van der Waals surface area contributed by atoms with Gasteiger partial charge in [-0.3, -0.25) is 0 Å². The van der Waals surface area contributed by atoms with Crippen molar-refractivity contribution in [3.05, 3.63) is 60.7 Å². The van der Waals surface area contributed by atoms with Crippen LogP contribution in [0.25, 0.3) is 10.9 Å². The predicted octanol–water partition coefficient (Wildman–Crippen LogP) is 4.70. The van der Waals surface area contributed by atoms with Crippen LogP contribution in [0.3, 0.4) is 0 Å². The zero-order valence-corrected chi connectivity index (χ0v) is 13.2. The molecule has 0 aliphatic carbocycles. The molecule has 2 N–H and O–H groups in total. The van der Waals surface area contributed by atoms with Gasteiger partial charge in [-0.15, -0.1) is 23.5 Å². The number of aromatic nitrogens is 1. The predicted molar refractivity (Wildman–Crippen MR) is 94.0 cm³/mol. The van der Waals surface area contributed by atoms with Gasteiger partial charge in [-0.05, 0) is 24.3 Å². The van der Waals surface area contributed by atoms with Crippen LogP contribution in [-0.2, 0) is 0 Å². The normalized spacial score (nSPS) is 10.9. The minimum absolute atomic E-state index is 0.767. The van der Waals surface area contributed by atoms with Gasteiger partial charge < -0.3 is 5.73 Å². The van der Waals surface area contributed by atoms with Crippen molar-refractivity contribution in [2.45, 2.75) is 9.92 Å². The summed E-state index contributed by atoms with van der Waals surface area (Å²) in [5.41, 5.74) is 7.86. The summed E-state index contributed by atoms with van der Waals surface area (Å²) in [5.74, 6) is 2.04. The van der Waals surface area contributed by atoms with Gasteiger partial charge in [-0.1, -0.05) is 36.4 Å². The molecule has 0 fully saturated rings. The number of thioether (sulfide) groups is 2. The quantitative estimate of drug-likeness (QED) is 0.547. The largest absolute Gasteiger partial charge is 0.397 e. The maximum absolute atomic E-state index is 6.09. The van der Waals surface area contributed by atoms with E-state index in [1.54, 1.807) is 11.8 Å². The molecule has 106 valence electrons. The van der Waals surface area contributed by atoms with E-state index < -0.39 is 0 Å². The zero-order valence-electron chi connectivity index (χ0n) is 11.5. The third-order valence-electron chi connectivity index (χ3n) is 3.05. The third-order valence-corrected chi connectivity index (χ3v) is 5.33. The molecule has 3 rings (SSSR count). The third kappa shape index (κ3) is 3.71. The van der Waals surface area contributed by atoms with Gasteiger partial charge in [0, 0.05) is 21.8 Å². The SMILES string of the molecule is Nc1cc2ccccc2nc1SCCSc1ccccc1. The van der Waals surface area contributed by atoms with Crippen LogP contribution in [0.2, 0.25) is 0 Å². The maximum Gasteiger partial charge on any atom is 0.120 e. The summed E-state index contributed by atoms with van der Waals surface area (Å²) >= 11 is 3.58. The molecule has 0 amide bonds. The van der Waals surface area contributed by atoms with E-state index in [-0.39, 0.29) is 0 Å². The van der Waals surface area contributed by atoms with Crippen LogP contribution >= 0.6 is 23.5 Å². The molecule has 0 radical (unpaired) electrons. The molecule has 0 aliphatic heterocycles. The lowest BCUT2D eigenvalue weighted by Crippen LogP contribution is -1.94. The Bertz CT molecular complexity index is 729. The molecule has 1 aromatic heterocycles. The van der Waals surface area contributed by atoms with Crippen LogP contribution in [0, 0.1) is 0 Å². The van der Waals surface area contributed by atoms with Crippen LogP contribution in [0.5, 0.6) is 0 Å². The highest BCUT2D eigenvalue weighted by molar-refractivity contribution is 8.03. The second-order valence-electron chi connectivity index (χ2n) is 4.59. The minimum Gasteiger partial charge on any atom is -0.397 e. The van der Waals surface area contributed by atoms with Crippen LogP contribution in [0.15, 0.2) is 70.6 Å². The number of nitrogens with zero attached hydrogens (tertiary/aromatic N) is 1. The number of nitrogen functional groups attached to an aromatic ring is 1. The van der Waals surface area contributed by atoms with Crippen molar-refractivity contribution < 1.29 is 0 Å². The second-order valence-corrected chi connectivity index (χ2v) is 6.84. The summed E-state index contributed by atoms with van der Waals surface area (Å²) in [7, 11) is 0. The van der Waals surface area contributed by atoms with E-state index in [9.17, 15) is 0 Å². The Hall–Kier alpha value is -1.65. The summed E-state index contributed by atoms with van der Waals surface area (Å²) in [6.07, 6.45) is 0. The highest BCUT2D eigenvalue weighted by atomic mass is 32.2. The zero-order chi connectivity index (χ0) is 14.5. The van der Waals surface area contributed by atoms with Gasteiger partial charge in [0.1, 0.15) is 5.03 Å². The highest BCUT2D eigenvalue weighted by Crippen LogP contribution is 2.28. The first kappa shape index (κ1) is 14.3. The number of pyridine rings is 1. The van der Waals surface area contributed by atoms with E-state index in [2.05, 4.69) is 29.2 Å². The number of hydrogen-bond donors (Lipinski definition) is 1. The van der Waals surface area contributed by atoms with Crippen LogP contribution in [0.4, 0.5) is 5.69 Å². The minimum atomic E-state index is 0.767. The van der Waals surface area contributed by atoms with Crippen LogP contribution in [-0.4, -0.2) is 16.5 Å². The summed E-state index contributed by atoms with van der Waals surface area (Å²) in [4.78, 5) is 5.95. The number of nitrogens with two attached hydrogens (primary N) is 1. The molecule has 0 aliphatic rings. The molecule has 0 saturated carbocycles. The smallest absolute Gasteiger partial charge is 0.120 e.